The van der Waals surface area contributed by atoms with Gasteiger partial charge in [0.15, 0.2) is 0 Å². The molecule has 1 aliphatic rings. The number of hydrogen-bond donors (Lipinski definition) is 2. The van der Waals surface area contributed by atoms with Crippen molar-refractivity contribution in [2.45, 2.75) is 51.0 Å². The molecule has 0 unspecified atom stereocenters. The van der Waals surface area contributed by atoms with E-state index in [1.165, 1.54) is 5.56 Å². The minimum Gasteiger partial charge on any atom is -0.508 e. The molecular formula is C21H25NO2. The van der Waals surface area contributed by atoms with E-state index in [9.17, 15) is 9.90 Å². The van der Waals surface area contributed by atoms with Crippen LogP contribution in [0.15, 0.2) is 48.5 Å². The maximum atomic E-state index is 12.7. The average molecular weight is 323 g/mol. The van der Waals surface area contributed by atoms with Crippen molar-refractivity contribution in [3.63, 3.8) is 0 Å². The predicted octanol–water partition coefficient (Wildman–Crippen LogP) is 4.04. The Balaban J connectivity index is 1.71. The van der Waals surface area contributed by atoms with Gasteiger partial charge in [-0.1, -0.05) is 63.2 Å². The number of carbonyl (C=O) groups is 1. The number of amides is 1. The second-order valence-electron chi connectivity index (χ2n) is 7.72. The van der Waals surface area contributed by atoms with Gasteiger partial charge in [0.1, 0.15) is 5.75 Å². The molecule has 0 atom stereocenters. The number of aromatic hydroxyl groups is 1. The number of phenolic OH excluding ortho intramolecular Hbond substituents is 1. The summed E-state index contributed by atoms with van der Waals surface area (Å²) in [7, 11) is 0. The van der Waals surface area contributed by atoms with Crippen LogP contribution >= 0.6 is 0 Å². The fourth-order valence-corrected chi connectivity index (χ4v) is 3.07. The lowest BCUT2D eigenvalue weighted by Gasteiger charge is -2.21. The van der Waals surface area contributed by atoms with E-state index in [1.807, 2.05) is 12.1 Å². The van der Waals surface area contributed by atoms with Crippen LogP contribution in [0.3, 0.4) is 0 Å². The standard InChI is InChI=1S/C21H25NO2/c1-20(2,3)16-8-10-17(11-9-16)21(12-13-21)19(24)22-14-15-6-4-5-7-18(15)23/h4-11,23H,12-14H2,1-3H3,(H,22,24). The SMILES string of the molecule is CC(C)(C)c1ccc(C2(C(=O)NCc3ccccc3O)CC2)cc1. The molecule has 2 aromatic rings. The van der Waals surface area contributed by atoms with Crippen LogP contribution in [0.5, 0.6) is 5.75 Å². The van der Waals surface area contributed by atoms with Crippen molar-refractivity contribution >= 4 is 5.91 Å². The monoisotopic (exact) mass is 323 g/mol. The zero-order valence-electron chi connectivity index (χ0n) is 14.6. The molecule has 3 heteroatoms. The third-order valence-electron chi connectivity index (χ3n) is 4.92. The van der Waals surface area contributed by atoms with Crippen molar-refractivity contribution < 1.29 is 9.90 Å². The summed E-state index contributed by atoms with van der Waals surface area (Å²) in [6, 6.07) is 15.5. The molecule has 0 aliphatic heterocycles. The van der Waals surface area contributed by atoms with Crippen LogP contribution < -0.4 is 5.32 Å². The van der Waals surface area contributed by atoms with Crippen molar-refractivity contribution in [2.75, 3.05) is 0 Å². The van der Waals surface area contributed by atoms with Crippen molar-refractivity contribution in [1.29, 1.82) is 0 Å². The van der Waals surface area contributed by atoms with Crippen LogP contribution in [0.2, 0.25) is 0 Å². The summed E-state index contributed by atoms with van der Waals surface area (Å²) < 4.78 is 0. The zero-order chi connectivity index (χ0) is 17.4. The quantitative estimate of drug-likeness (QED) is 0.892. The molecular weight excluding hydrogens is 298 g/mol. The van der Waals surface area contributed by atoms with E-state index >= 15 is 0 Å². The van der Waals surface area contributed by atoms with E-state index < -0.39 is 0 Å². The number of benzene rings is 2. The van der Waals surface area contributed by atoms with Gasteiger partial charge in [0.05, 0.1) is 5.41 Å². The molecule has 2 N–H and O–H groups in total. The van der Waals surface area contributed by atoms with Crippen LogP contribution in [-0.4, -0.2) is 11.0 Å². The lowest BCUT2D eigenvalue weighted by Crippen LogP contribution is -2.34. The van der Waals surface area contributed by atoms with Gasteiger partial charge in [0, 0.05) is 12.1 Å². The minimum atomic E-state index is -0.388. The minimum absolute atomic E-state index is 0.0502. The van der Waals surface area contributed by atoms with Crippen molar-refractivity contribution in [2.24, 2.45) is 0 Å². The summed E-state index contributed by atoms with van der Waals surface area (Å²) in [5.41, 5.74) is 2.83. The first kappa shape index (κ1) is 16.6. The lowest BCUT2D eigenvalue weighted by atomic mass is 9.85. The number of carbonyl (C=O) groups excluding carboxylic acids is 1. The van der Waals surface area contributed by atoms with Gasteiger partial charge in [-0.05, 0) is 35.4 Å². The molecule has 0 radical (unpaired) electrons. The molecule has 3 nitrogen and oxygen atoms in total. The van der Waals surface area contributed by atoms with Crippen LogP contribution in [0.1, 0.15) is 50.3 Å². The molecule has 0 bridgehead atoms. The van der Waals surface area contributed by atoms with E-state index in [0.717, 1.165) is 24.0 Å². The smallest absolute Gasteiger partial charge is 0.230 e. The van der Waals surface area contributed by atoms with Crippen molar-refractivity contribution in [3.8, 4) is 5.75 Å². The van der Waals surface area contributed by atoms with Gasteiger partial charge in [-0.3, -0.25) is 4.79 Å². The zero-order valence-corrected chi connectivity index (χ0v) is 14.6. The molecule has 1 aliphatic carbocycles. The molecule has 126 valence electrons. The van der Waals surface area contributed by atoms with E-state index in [1.54, 1.807) is 12.1 Å². The highest BCUT2D eigenvalue weighted by molar-refractivity contribution is 5.91. The van der Waals surface area contributed by atoms with Crippen LogP contribution in [0.4, 0.5) is 0 Å². The van der Waals surface area contributed by atoms with Gasteiger partial charge in [-0.25, -0.2) is 0 Å². The fourth-order valence-electron chi connectivity index (χ4n) is 3.07. The highest BCUT2D eigenvalue weighted by Gasteiger charge is 2.51. The van der Waals surface area contributed by atoms with Gasteiger partial charge >= 0.3 is 0 Å². The van der Waals surface area contributed by atoms with Crippen molar-refractivity contribution in [3.05, 3.63) is 65.2 Å². The molecule has 1 fully saturated rings. The number of para-hydroxylation sites is 1. The van der Waals surface area contributed by atoms with E-state index in [2.05, 4.69) is 50.4 Å². The van der Waals surface area contributed by atoms with Crippen LogP contribution in [-0.2, 0) is 22.2 Å². The third kappa shape index (κ3) is 3.16. The first-order valence-corrected chi connectivity index (χ1v) is 8.49. The third-order valence-corrected chi connectivity index (χ3v) is 4.92. The van der Waals surface area contributed by atoms with Crippen LogP contribution in [0.25, 0.3) is 0 Å². The number of phenols is 1. The van der Waals surface area contributed by atoms with E-state index in [-0.39, 0.29) is 22.5 Å². The van der Waals surface area contributed by atoms with Crippen LogP contribution in [0, 0.1) is 0 Å². The summed E-state index contributed by atoms with van der Waals surface area (Å²) in [5, 5.41) is 12.8. The maximum absolute atomic E-state index is 12.7. The molecule has 3 rings (SSSR count). The Morgan fingerprint density at radius 3 is 2.25 bits per heavy atom. The Kier molecular flexibility index (Phi) is 4.12. The number of nitrogens with one attached hydrogen (secondary N) is 1. The molecule has 0 heterocycles. The van der Waals surface area contributed by atoms with E-state index in [4.69, 9.17) is 0 Å². The Hall–Kier alpha value is -2.29. The Labute approximate surface area is 143 Å². The van der Waals surface area contributed by atoms with Gasteiger partial charge < -0.3 is 10.4 Å². The van der Waals surface area contributed by atoms with Gasteiger partial charge in [0.2, 0.25) is 5.91 Å². The van der Waals surface area contributed by atoms with Gasteiger partial charge in [-0.15, -0.1) is 0 Å². The topological polar surface area (TPSA) is 49.3 Å². The molecule has 0 aromatic heterocycles. The summed E-state index contributed by atoms with van der Waals surface area (Å²) >= 11 is 0. The predicted molar refractivity (Wildman–Crippen MR) is 96.0 cm³/mol. The fraction of sp³-hybridized carbons (Fsp3) is 0.381. The second-order valence-corrected chi connectivity index (χ2v) is 7.72. The summed E-state index contributed by atoms with van der Waals surface area (Å²) in [5.74, 6) is 0.270. The normalized spacial score (nSPS) is 15.8. The molecule has 0 spiro atoms. The molecule has 2 aromatic carbocycles. The molecule has 24 heavy (non-hydrogen) atoms. The summed E-state index contributed by atoms with van der Waals surface area (Å²) in [6.45, 7) is 6.92. The Bertz CT molecular complexity index is 737. The summed E-state index contributed by atoms with van der Waals surface area (Å²) in [4.78, 5) is 12.7. The largest absolute Gasteiger partial charge is 0.508 e. The molecule has 1 amide bonds. The second kappa shape index (κ2) is 5.97. The van der Waals surface area contributed by atoms with Gasteiger partial charge in [-0.2, -0.15) is 0 Å². The average Bonchev–Trinajstić information content (AvgIpc) is 3.35. The highest BCUT2D eigenvalue weighted by atomic mass is 16.3. The molecule has 1 saturated carbocycles. The van der Waals surface area contributed by atoms with Gasteiger partial charge in [0.25, 0.3) is 0 Å². The first-order valence-electron chi connectivity index (χ1n) is 8.49. The highest BCUT2D eigenvalue weighted by Crippen LogP contribution is 2.48. The summed E-state index contributed by atoms with van der Waals surface area (Å²) in [6.07, 6.45) is 1.77. The maximum Gasteiger partial charge on any atom is 0.230 e. The number of rotatable bonds is 4. The van der Waals surface area contributed by atoms with Crippen molar-refractivity contribution in [1.82, 2.24) is 5.32 Å². The van der Waals surface area contributed by atoms with E-state index in [0.29, 0.717) is 6.54 Å². The Morgan fingerprint density at radius 2 is 1.71 bits per heavy atom. The number of hydrogen-bond acceptors (Lipinski definition) is 2. The first-order chi connectivity index (χ1) is 11.3. The lowest BCUT2D eigenvalue weighted by molar-refractivity contribution is -0.123. The molecule has 0 saturated heterocycles. The Morgan fingerprint density at radius 1 is 1.08 bits per heavy atom.